The van der Waals surface area contributed by atoms with E-state index in [2.05, 4.69) is 25.6 Å². The van der Waals surface area contributed by atoms with E-state index in [0.717, 1.165) is 25.0 Å². The van der Waals surface area contributed by atoms with Gasteiger partial charge in [0.2, 0.25) is 11.9 Å². The minimum absolute atomic E-state index is 0.0760. The molecule has 0 saturated heterocycles. The fraction of sp³-hybridized carbons (Fsp3) is 0.316. The summed E-state index contributed by atoms with van der Waals surface area (Å²) < 4.78 is 49.7. The molecule has 29 heavy (non-hydrogen) atoms. The highest BCUT2D eigenvalue weighted by Gasteiger charge is 2.30. The Labute approximate surface area is 164 Å². The van der Waals surface area contributed by atoms with Crippen LogP contribution in [0.1, 0.15) is 24.2 Å². The maximum atomic E-state index is 12.9. The van der Waals surface area contributed by atoms with Crippen molar-refractivity contribution in [1.29, 1.82) is 0 Å². The van der Waals surface area contributed by atoms with E-state index >= 15 is 0 Å². The average molecular weight is 405 g/mol. The lowest BCUT2D eigenvalue weighted by atomic mass is 10.2. The third-order valence-corrected chi connectivity index (χ3v) is 4.21. The van der Waals surface area contributed by atoms with E-state index in [-0.39, 0.29) is 23.6 Å². The molecule has 4 rings (SSSR count). The molecule has 152 valence electrons. The Morgan fingerprint density at radius 2 is 1.90 bits per heavy atom. The van der Waals surface area contributed by atoms with Gasteiger partial charge in [0, 0.05) is 5.69 Å². The van der Waals surface area contributed by atoms with Crippen molar-refractivity contribution in [3.05, 3.63) is 54.0 Å². The third kappa shape index (κ3) is 5.37. The molecule has 7 nitrogen and oxygen atoms in total. The van der Waals surface area contributed by atoms with Crippen LogP contribution in [0.2, 0.25) is 0 Å². The van der Waals surface area contributed by atoms with Crippen molar-refractivity contribution in [3.63, 3.8) is 0 Å². The molecule has 1 saturated carbocycles. The Hall–Kier alpha value is -3.30. The van der Waals surface area contributed by atoms with Crippen LogP contribution in [0.25, 0.3) is 0 Å². The van der Waals surface area contributed by atoms with Crippen molar-refractivity contribution in [3.8, 4) is 6.01 Å². The number of rotatable bonds is 8. The van der Waals surface area contributed by atoms with Crippen molar-refractivity contribution < 1.29 is 22.3 Å². The van der Waals surface area contributed by atoms with E-state index < -0.39 is 11.7 Å². The number of halogens is 3. The zero-order valence-electron chi connectivity index (χ0n) is 15.2. The van der Waals surface area contributed by atoms with Crippen molar-refractivity contribution in [2.24, 2.45) is 5.92 Å². The summed E-state index contributed by atoms with van der Waals surface area (Å²) in [5, 5.41) is 5.78. The number of nitrogens with zero attached hydrogens (tertiary/aromatic N) is 3. The monoisotopic (exact) mass is 405 g/mol. The van der Waals surface area contributed by atoms with Gasteiger partial charge in [0.15, 0.2) is 0 Å². The van der Waals surface area contributed by atoms with Crippen LogP contribution in [0.5, 0.6) is 6.01 Å². The highest BCUT2D eigenvalue weighted by molar-refractivity contribution is 5.55. The van der Waals surface area contributed by atoms with Gasteiger partial charge in [-0.1, -0.05) is 6.07 Å². The Morgan fingerprint density at radius 1 is 1.07 bits per heavy atom. The molecule has 1 aliphatic carbocycles. The molecule has 0 radical (unpaired) electrons. The van der Waals surface area contributed by atoms with Crippen molar-refractivity contribution >= 4 is 17.6 Å². The number of furan rings is 1. The molecule has 1 fully saturated rings. The Kier molecular flexibility index (Phi) is 5.24. The van der Waals surface area contributed by atoms with Crippen molar-refractivity contribution in [1.82, 2.24) is 15.0 Å². The molecule has 0 bridgehead atoms. The number of hydrogen-bond acceptors (Lipinski definition) is 7. The van der Waals surface area contributed by atoms with E-state index in [1.165, 1.54) is 12.1 Å². The van der Waals surface area contributed by atoms with Crippen molar-refractivity contribution in [2.45, 2.75) is 25.6 Å². The highest BCUT2D eigenvalue weighted by atomic mass is 19.4. The molecular weight excluding hydrogens is 387 g/mol. The van der Waals surface area contributed by atoms with Gasteiger partial charge in [-0.25, -0.2) is 0 Å². The molecule has 2 N–H and O–H groups in total. The lowest BCUT2D eigenvalue weighted by Gasteiger charge is -2.12. The van der Waals surface area contributed by atoms with Crippen LogP contribution in [-0.4, -0.2) is 21.6 Å². The lowest BCUT2D eigenvalue weighted by Crippen LogP contribution is -2.11. The van der Waals surface area contributed by atoms with Crippen molar-refractivity contribution in [2.75, 3.05) is 17.2 Å². The zero-order chi connectivity index (χ0) is 20.3. The van der Waals surface area contributed by atoms with Gasteiger partial charge in [-0.2, -0.15) is 28.1 Å². The molecule has 1 aromatic carbocycles. The first-order chi connectivity index (χ1) is 14.0. The van der Waals surface area contributed by atoms with Crippen LogP contribution in [0.15, 0.2) is 47.1 Å². The second-order valence-corrected chi connectivity index (χ2v) is 6.66. The van der Waals surface area contributed by atoms with Gasteiger partial charge in [-0.3, -0.25) is 0 Å². The average Bonchev–Trinajstić information content (AvgIpc) is 3.37. The second-order valence-electron chi connectivity index (χ2n) is 6.66. The van der Waals surface area contributed by atoms with Gasteiger partial charge in [-0.05, 0) is 49.1 Å². The van der Waals surface area contributed by atoms with Crippen LogP contribution >= 0.6 is 0 Å². The van der Waals surface area contributed by atoms with Gasteiger partial charge in [0.25, 0.3) is 0 Å². The zero-order valence-corrected chi connectivity index (χ0v) is 15.2. The van der Waals surface area contributed by atoms with E-state index in [4.69, 9.17) is 9.15 Å². The summed E-state index contributed by atoms with van der Waals surface area (Å²) >= 11 is 0. The predicted octanol–water partition coefficient (Wildman–Crippen LogP) is 4.63. The summed E-state index contributed by atoms with van der Waals surface area (Å²) in [5.74, 6) is 1.47. The molecule has 0 atom stereocenters. The number of ether oxygens (including phenoxy) is 1. The van der Waals surface area contributed by atoms with Crippen LogP contribution in [-0.2, 0) is 12.7 Å². The molecule has 3 aromatic rings. The van der Waals surface area contributed by atoms with Crippen LogP contribution < -0.4 is 15.4 Å². The summed E-state index contributed by atoms with van der Waals surface area (Å²) in [6, 6.07) is 8.45. The molecular formula is C19H18F3N5O2. The fourth-order valence-corrected chi connectivity index (χ4v) is 2.51. The minimum Gasteiger partial charge on any atom is -0.467 e. The molecule has 2 aromatic heterocycles. The number of hydrogen-bond donors (Lipinski definition) is 2. The maximum absolute atomic E-state index is 12.9. The van der Waals surface area contributed by atoms with E-state index in [9.17, 15) is 13.2 Å². The summed E-state index contributed by atoms with van der Waals surface area (Å²) in [6.45, 7) is 0.826. The lowest BCUT2D eigenvalue weighted by molar-refractivity contribution is -0.137. The quantitative estimate of drug-likeness (QED) is 0.565. The first-order valence-electron chi connectivity index (χ1n) is 9.05. The molecule has 0 spiro atoms. The topological polar surface area (TPSA) is 85.1 Å². The number of anilines is 3. The minimum atomic E-state index is -4.44. The second kappa shape index (κ2) is 7.98. The molecule has 0 aliphatic heterocycles. The smallest absolute Gasteiger partial charge is 0.416 e. The first kappa shape index (κ1) is 19.0. The standard InChI is InChI=1S/C19H18F3N5O2/c20-19(21,22)13-3-1-4-14(9-13)24-17-25-16(23-10-15-5-2-8-28-15)26-18(27-17)29-11-12-6-7-12/h1-5,8-9,12H,6-7,10-11H2,(H2,23,24,25,26,27). The summed E-state index contributed by atoms with van der Waals surface area (Å²) in [7, 11) is 0. The SMILES string of the molecule is FC(F)(F)c1cccc(Nc2nc(NCc3ccco3)nc(OCC3CC3)n2)c1. The third-order valence-electron chi connectivity index (χ3n) is 4.21. The van der Waals surface area contributed by atoms with Crippen LogP contribution in [0.4, 0.5) is 30.8 Å². The number of nitrogens with one attached hydrogen (secondary N) is 2. The molecule has 2 heterocycles. The van der Waals surface area contributed by atoms with Crippen LogP contribution in [0.3, 0.4) is 0 Å². The largest absolute Gasteiger partial charge is 0.467 e. The van der Waals surface area contributed by atoms with E-state index in [0.29, 0.717) is 24.8 Å². The number of alkyl halides is 3. The van der Waals surface area contributed by atoms with Gasteiger partial charge in [-0.15, -0.1) is 0 Å². The summed E-state index contributed by atoms with van der Waals surface area (Å²) in [5.41, 5.74) is -0.561. The molecule has 10 heteroatoms. The predicted molar refractivity (Wildman–Crippen MR) is 98.8 cm³/mol. The Bertz CT molecular complexity index is 959. The van der Waals surface area contributed by atoms with Gasteiger partial charge in [0.05, 0.1) is 25.0 Å². The maximum Gasteiger partial charge on any atom is 0.416 e. The molecule has 0 amide bonds. The normalized spacial score (nSPS) is 13.9. The van der Waals surface area contributed by atoms with Gasteiger partial charge >= 0.3 is 12.2 Å². The summed E-state index contributed by atoms with van der Waals surface area (Å²) in [4.78, 5) is 12.6. The van der Waals surface area contributed by atoms with E-state index in [1.807, 2.05) is 0 Å². The molecule has 1 aliphatic rings. The fourth-order valence-electron chi connectivity index (χ4n) is 2.51. The first-order valence-corrected chi connectivity index (χ1v) is 9.05. The van der Waals surface area contributed by atoms with Gasteiger partial charge < -0.3 is 19.8 Å². The van der Waals surface area contributed by atoms with E-state index in [1.54, 1.807) is 18.4 Å². The number of benzene rings is 1. The summed E-state index contributed by atoms with van der Waals surface area (Å²) in [6.07, 6.45) is -0.686. The Balaban J connectivity index is 1.53. The van der Waals surface area contributed by atoms with Crippen LogP contribution in [0, 0.1) is 5.92 Å². The molecule has 0 unspecified atom stereocenters. The number of aromatic nitrogens is 3. The van der Waals surface area contributed by atoms with Gasteiger partial charge in [0.1, 0.15) is 5.76 Å². The highest BCUT2D eigenvalue weighted by Crippen LogP contribution is 2.32. The Morgan fingerprint density at radius 3 is 2.62 bits per heavy atom.